The third-order valence-electron chi connectivity index (χ3n) is 1.98. The molecule has 1 atom stereocenters. The minimum atomic E-state index is -0.729. The molecule has 1 aromatic heterocycles. The van der Waals surface area contributed by atoms with Crippen molar-refractivity contribution >= 4 is 23.4 Å². The molecule has 1 heterocycles. The number of hydrogen-bond donors (Lipinski definition) is 2. The zero-order chi connectivity index (χ0) is 12.0. The Bertz CT molecular complexity index is 339. The molecule has 0 aliphatic carbocycles. The van der Waals surface area contributed by atoms with Gasteiger partial charge in [-0.2, -0.15) is 0 Å². The van der Waals surface area contributed by atoms with Gasteiger partial charge in [-0.1, -0.05) is 24.9 Å². The minimum Gasteiger partial charge on any atom is -0.394 e. The van der Waals surface area contributed by atoms with Crippen LogP contribution in [0.1, 0.15) is 18.9 Å². The summed E-state index contributed by atoms with van der Waals surface area (Å²) in [6.45, 7) is 1.81. The first kappa shape index (κ1) is 13.7. The van der Waals surface area contributed by atoms with Crippen LogP contribution in [-0.4, -0.2) is 38.6 Å². The number of aliphatic hydroxyl groups is 2. The molecule has 0 aromatic carbocycles. The molecule has 4 nitrogen and oxygen atoms in total. The Morgan fingerprint density at radius 2 is 2.25 bits per heavy atom. The summed E-state index contributed by atoms with van der Waals surface area (Å²) in [4.78, 5) is 8.07. The molecular weight excluding hydrogens is 248 g/mol. The molecule has 2 N–H and O–H groups in total. The van der Waals surface area contributed by atoms with E-state index >= 15 is 0 Å². The molecule has 1 unspecified atom stereocenters. The van der Waals surface area contributed by atoms with Crippen LogP contribution in [0.25, 0.3) is 0 Å². The summed E-state index contributed by atoms with van der Waals surface area (Å²) in [6.07, 6.45) is 2.46. The van der Waals surface area contributed by atoms with Gasteiger partial charge in [-0.3, -0.25) is 0 Å². The molecule has 0 amide bonds. The van der Waals surface area contributed by atoms with Crippen LogP contribution in [0.2, 0.25) is 5.15 Å². The molecule has 0 saturated carbocycles. The molecule has 0 bridgehead atoms. The molecule has 0 saturated heterocycles. The Labute approximate surface area is 104 Å². The second-order valence-electron chi connectivity index (χ2n) is 3.35. The van der Waals surface area contributed by atoms with Crippen LogP contribution in [0.15, 0.2) is 11.4 Å². The van der Waals surface area contributed by atoms with E-state index in [0.717, 1.165) is 23.4 Å². The smallest absolute Gasteiger partial charge is 0.136 e. The summed E-state index contributed by atoms with van der Waals surface area (Å²) >= 11 is 7.37. The molecule has 0 spiro atoms. The highest BCUT2D eigenvalue weighted by Crippen LogP contribution is 2.26. The highest BCUT2D eigenvalue weighted by atomic mass is 35.5. The molecule has 0 aliphatic heterocycles. The van der Waals surface area contributed by atoms with Gasteiger partial charge in [0, 0.05) is 11.3 Å². The fourth-order valence-corrected chi connectivity index (χ4v) is 2.42. The van der Waals surface area contributed by atoms with Crippen molar-refractivity contribution in [3.05, 3.63) is 17.0 Å². The Hall–Kier alpha value is -0.360. The maximum atomic E-state index is 9.26. The van der Waals surface area contributed by atoms with Crippen LogP contribution in [0.4, 0.5) is 0 Å². The first-order chi connectivity index (χ1) is 7.69. The van der Waals surface area contributed by atoms with Gasteiger partial charge in [-0.15, -0.1) is 11.8 Å². The lowest BCUT2D eigenvalue weighted by molar-refractivity contribution is 0.113. The van der Waals surface area contributed by atoms with Crippen LogP contribution in [-0.2, 0) is 6.42 Å². The lowest BCUT2D eigenvalue weighted by Crippen LogP contribution is -2.15. The van der Waals surface area contributed by atoms with Crippen molar-refractivity contribution in [3.8, 4) is 0 Å². The van der Waals surface area contributed by atoms with E-state index < -0.39 is 6.10 Å². The zero-order valence-electron chi connectivity index (χ0n) is 9.06. The van der Waals surface area contributed by atoms with Crippen molar-refractivity contribution in [2.45, 2.75) is 30.9 Å². The molecule has 90 valence electrons. The first-order valence-corrected chi connectivity index (χ1v) is 6.46. The van der Waals surface area contributed by atoms with Crippen molar-refractivity contribution in [2.75, 3.05) is 12.4 Å². The molecule has 0 radical (unpaired) electrons. The van der Waals surface area contributed by atoms with Crippen molar-refractivity contribution in [1.82, 2.24) is 9.97 Å². The van der Waals surface area contributed by atoms with Gasteiger partial charge in [-0.05, 0) is 6.42 Å². The van der Waals surface area contributed by atoms with Gasteiger partial charge in [0.05, 0.1) is 12.7 Å². The normalized spacial score (nSPS) is 12.8. The Balaban J connectivity index is 2.74. The molecule has 16 heavy (non-hydrogen) atoms. The number of aliphatic hydroxyl groups excluding tert-OH is 2. The number of hydrogen-bond acceptors (Lipinski definition) is 5. The van der Waals surface area contributed by atoms with Crippen LogP contribution in [0.5, 0.6) is 0 Å². The molecule has 1 aromatic rings. The van der Waals surface area contributed by atoms with E-state index in [1.54, 1.807) is 0 Å². The van der Waals surface area contributed by atoms with Crippen LogP contribution < -0.4 is 0 Å². The van der Waals surface area contributed by atoms with Gasteiger partial charge < -0.3 is 10.2 Å². The maximum Gasteiger partial charge on any atom is 0.136 e. The molecule has 0 aliphatic rings. The molecular formula is C10H15ClN2O2S. The second kappa shape index (κ2) is 7.06. The average molecular weight is 263 g/mol. The van der Waals surface area contributed by atoms with E-state index in [0.29, 0.717) is 10.9 Å². The van der Waals surface area contributed by atoms with Crippen molar-refractivity contribution in [3.63, 3.8) is 0 Å². The predicted octanol–water partition coefficient (Wildman–Crippen LogP) is 1.53. The van der Waals surface area contributed by atoms with E-state index in [2.05, 4.69) is 16.9 Å². The number of thioether (sulfide) groups is 1. The van der Waals surface area contributed by atoms with E-state index in [9.17, 15) is 5.11 Å². The van der Waals surface area contributed by atoms with Gasteiger partial charge in [0.25, 0.3) is 0 Å². The van der Waals surface area contributed by atoms with Gasteiger partial charge >= 0.3 is 0 Å². The molecule has 1 rings (SSSR count). The van der Waals surface area contributed by atoms with E-state index in [1.807, 2.05) is 0 Å². The standard InChI is InChI=1S/C10H15ClN2O2S/c1-2-3-8-9(11)12-6-13-10(8)16-5-7(15)4-14/h6-7,14-15H,2-5H2,1H3. The number of nitrogens with zero attached hydrogens (tertiary/aromatic N) is 2. The molecule has 6 heteroatoms. The summed E-state index contributed by atoms with van der Waals surface area (Å²) in [7, 11) is 0. The fourth-order valence-electron chi connectivity index (χ4n) is 1.19. The van der Waals surface area contributed by atoms with Crippen LogP contribution in [0, 0.1) is 0 Å². The van der Waals surface area contributed by atoms with Crippen LogP contribution in [0.3, 0.4) is 0 Å². The van der Waals surface area contributed by atoms with Gasteiger partial charge in [0.15, 0.2) is 0 Å². The summed E-state index contributed by atoms with van der Waals surface area (Å²) < 4.78 is 0. The number of rotatable bonds is 6. The number of halogens is 1. The highest BCUT2D eigenvalue weighted by Gasteiger charge is 2.11. The fraction of sp³-hybridized carbons (Fsp3) is 0.600. The van der Waals surface area contributed by atoms with Gasteiger partial charge in [-0.25, -0.2) is 9.97 Å². The van der Waals surface area contributed by atoms with Crippen molar-refractivity contribution in [1.29, 1.82) is 0 Å². The Morgan fingerprint density at radius 3 is 2.88 bits per heavy atom. The monoisotopic (exact) mass is 262 g/mol. The SMILES string of the molecule is CCCc1c(Cl)ncnc1SCC(O)CO. The maximum absolute atomic E-state index is 9.26. The number of aromatic nitrogens is 2. The predicted molar refractivity (Wildman–Crippen MR) is 64.9 cm³/mol. The largest absolute Gasteiger partial charge is 0.394 e. The topological polar surface area (TPSA) is 66.2 Å². The second-order valence-corrected chi connectivity index (χ2v) is 4.71. The lowest BCUT2D eigenvalue weighted by Gasteiger charge is -2.10. The summed E-state index contributed by atoms with van der Waals surface area (Å²) in [5.41, 5.74) is 0.918. The molecule has 0 fully saturated rings. The summed E-state index contributed by atoms with van der Waals surface area (Å²) in [5, 5.41) is 19.2. The zero-order valence-corrected chi connectivity index (χ0v) is 10.6. The Morgan fingerprint density at radius 1 is 1.50 bits per heavy atom. The van der Waals surface area contributed by atoms with E-state index in [-0.39, 0.29) is 6.61 Å². The first-order valence-electron chi connectivity index (χ1n) is 5.10. The van der Waals surface area contributed by atoms with Crippen molar-refractivity contribution < 1.29 is 10.2 Å². The Kier molecular flexibility index (Phi) is 6.05. The van der Waals surface area contributed by atoms with Gasteiger partial charge in [0.1, 0.15) is 16.5 Å². The quantitative estimate of drug-likeness (QED) is 0.601. The van der Waals surface area contributed by atoms with Crippen molar-refractivity contribution in [2.24, 2.45) is 0 Å². The summed E-state index contributed by atoms with van der Waals surface area (Å²) in [5.74, 6) is 0.403. The highest BCUT2D eigenvalue weighted by molar-refractivity contribution is 7.99. The van der Waals surface area contributed by atoms with E-state index in [4.69, 9.17) is 16.7 Å². The summed E-state index contributed by atoms with van der Waals surface area (Å²) in [6, 6.07) is 0. The third kappa shape index (κ3) is 3.90. The average Bonchev–Trinajstić information content (AvgIpc) is 2.29. The van der Waals surface area contributed by atoms with Gasteiger partial charge in [0.2, 0.25) is 0 Å². The van der Waals surface area contributed by atoms with E-state index in [1.165, 1.54) is 18.1 Å². The minimum absolute atomic E-state index is 0.241. The lowest BCUT2D eigenvalue weighted by atomic mass is 10.2. The van der Waals surface area contributed by atoms with Crippen LogP contribution >= 0.6 is 23.4 Å². The third-order valence-corrected chi connectivity index (χ3v) is 3.48.